The van der Waals surface area contributed by atoms with Crippen molar-refractivity contribution in [3.63, 3.8) is 0 Å². The minimum atomic E-state index is 0.0709. The van der Waals surface area contributed by atoms with Gasteiger partial charge in [-0.15, -0.1) is 11.3 Å². The number of aromatic nitrogens is 1. The first-order valence-corrected chi connectivity index (χ1v) is 9.57. The SMILES string of the molecule is Cc1csc(COc2ccc(C(=O)N3CCc4ccccc4C3)cc2)n1. The van der Waals surface area contributed by atoms with E-state index in [1.165, 1.54) is 11.1 Å². The third-order valence-corrected chi connectivity index (χ3v) is 5.49. The van der Waals surface area contributed by atoms with Crippen molar-refractivity contribution in [2.24, 2.45) is 0 Å². The van der Waals surface area contributed by atoms with E-state index in [1.54, 1.807) is 11.3 Å². The van der Waals surface area contributed by atoms with Gasteiger partial charge < -0.3 is 9.64 Å². The van der Waals surface area contributed by atoms with Crippen LogP contribution in [-0.2, 0) is 19.6 Å². The van der Waals surface area contributed by atoms with Crippen molar-refractivity contribution in [1.29, 1.82) is 0 Å². The molecule has 5 heteroatoms. The molecule has 4 rings (SSSR count). The topological polar surface area (TPSA) is 42.4 Å². The van der Waals surface area contributed by atoms with Gasteiger partial charge in [0.05, 0.1) is 0 Å². The van der Waals surface area contributed by atoms with Crippen LogP contribution >= 0.6 is 11.3 Å². The van der Waals surface area contributed by atoms with E-state index in [4.69, 9.17) is 4.74 Å². The standard InChI is InChI=1S/C21H20N2O2S/c1-15-14-26-20(22-15)13-25-19-8-6-17(7-9-19)21(24)23-11-10-16-4-2-3-5-18(16)12-23/h2-9,14H,10-13H2,1H3. The summed E-state index contributed by atoms with van der Waals surface area (Å²) in [5.41, 5.74) is 4.29. The average Bonchev–Trinajstić information content (AvgIpc) is 3.11. The number of rotatable bonds is 4. The molecule has 0 saturated heterocycles. The summed E-state index contributed by atoms with van der Waals surface area (Å²) >= 11 is 1.59. The zero-order chi connectivity index (χ0) is 17.9. The van der Waals surface area contributed by atoms with Crippen molar-refractivity contribution in [1.82, 2.24) is 9.88 Å². The maximum Gasteiger partial charge on any atom is 0.254 e. The fourth-order valence-electron chi connectivity index (χ4n) is 3.16. The van der Waals surface area contributed by atoms with Crippen molar-refractivity contribution < 1.29 is 9.53 Å². The molecule has 2 heterocycles. The van der Waals surface area contributed by atoms with Crippen LogP contribution in [0.5, 0.6) is 5.75 Å². The molecule has 4 nitrogen and oxygen atoms in total. The smallest absolute Gasteiger partial charge is 0.254 e. The molecule has 132 valence electrons. The first kappa shape index (κ1) is 16.8. The third kappa shape index (κ3) is 3.63. The number of fused-ring (bicyclic) bond motifs is 1. The number of nitrogens with zero attached hydrogens (tertiary/aromatic N) is 2. The molecule has 0 unspecified atom stereocenters. The predicted octanol–water partition coefficient (Wildman–Crippen LogP) is 4.23. The van der Waals surface area contributed by atoms with E-state index in [1.807, 2.05) is 47.5 Å². The van der Waals surface area contributed by atoms with Crippen LogP contribution in [-0.4, -0.2) is 22.3 Å². The van der Waals surface area contributed by atoms with Gasteiger partial charge in [-0.2, -0.15) is 0 Å². The number of ether oxygens (including phenoxy) is 1. The molecule has 2 aromatic carbocycles. The number of amides is 1. The second kappa shape index (κ2) is 7.30. The van der Waals surface area contributed by atoms with Gasteiger partial charge in [-0.3, -0.25) is 4.79 Å². The minimum absolute atomic E-state index is 0.0709. The normalized spacial score (nSPS) is 13.3. The molecule has 0 saturated carbocycles. The Hall–Kier alpha value is -2.66. The van der Waals surface area contributed by atoms with E-state index in [2.05, 4.69) is 23.2 Å². The first-order chi connectivity index (χ1) is 12.7. The van der Waals surface area contributed by atoms with Crippen molar-refractivity contribution >= 4 is 17.2 Å². The Morgan fingerprint density at radius 3 is 2.65 bits per heavy atom. The summed E-state index contributed by atoms with van der Waals surface area (Å²) in [4.78, 5) is 19.1. The largest absolute Gasteiger partial charge is 0.486 e. The van der Waals surface area contributed by atoms with Gasteiger partial charge in [0.25, 0.3) is 5.91 Å². The van der Waals surface area contributed by atoms with Crippen LogP contribution in [0.4, 0.5) is 0 Å². The van der Waals surface area contributed by atoms with E-state index in [0.717, 1.165) is 29.4 Å². The van der Waals surface area contributed by atoms with Gasteiger partial charge in [-0.1, -0.05) is 24.3 Å². The maximum absolute atomic E-state index is 12.8. The Kier molecular flexibility index (Phi) is 4.71. The highest BCUT2D eigenvalue weighted by Gasteiger charge is 2.21. The fourth-order valence-corrected chi connectivity index (χ4v) is 3.84. The van der Waals surface area contributed by atoms with Gasteiger partial charge in [-0.05, 0) is 48.7 Å². The minimum Gasteiger partial charge on any atom is -0.486 e. The summed E-state index contributed by atoms with van der Waals surface area (Å²) in [6.45, 7) is 3.86. The van der Waals surface area contributed by atoms with E-state index >= 15 is 0 Å². The molecule has 1 aliphatic rings. The van der Waals surface area contributed by atoms with E-state index in [9.17, 15) is 4.79 Å². The van der Waals surface area contributed by atoms with Gasteiger partial charge in [0.1, 0.15) is 17.4 Å². The van der Waals surface area contributed by atoms with Crippen LogP contribution < -0.4 is 4.74 Å². The Morgan fingerprint density at radius 1 is 1.15 bits per heavy atom. The van der Waals surface area contributed by atoms with Crippen LogP contribution in [0.3, 0.4) is 0 Å². The summed E-state index contributed by atoms with van der Waals surface area (Å²) in [7, 11) is 0. The Bertz CT molecular complexity index is 918. The molecule has 3 aromatic rings. The number of thiazole rings is 1. The monoisotopic (exact) mass is 364 g/mol. The molecule has 1 aromatic heterocycles. The third-order valence-electron chi connectivity index (χ3n) is 4.55. The maximum atomic E-state index is 12.8. The molecule has 26 heavy (non-hydrogen) atoms. The van der Waals surface area contributed by atoms with Gasteiger partial charge in [-0.25, -0.2) is 4.98 Å². The summed E-state index contributed by atoms with van der Waals surface area (Å²) in [5, 5.41) is 2.96. The molecule has 1 amide bonds. The summed E-state index contributed by atoms with van der Waals surface area (Å²) < 4.78 is 5.76. The Labute approximate surface area is 157 Å². The molecule has 0 atom stereocenters. The number of carbonyl (C=O) groups excluding carboxylic acids is 1. The van der Waals surface area contributed by atoms with Gasteiger partial charge >= 0.3 is 0 Å². The zero-order valence-corrected chi connectivity index (χ0v) is 15.5. The van der Waals surface area contributed by atoms with Crippen molar-refractivity contribution in [2.75, 3.05) is 6.54 Å². The number of carbonyl (C=O) groups is 1. The summed E-state index contributed by atoms with van der Waals surface area (Å²) in [6, 6.07) is 15.7. The fraction of sp³-hybridized carbons (Fsp3) is 0.238. The molecule has 0 aliphatic carbocycles. The molecule has 0 spiro atoms. The highest BCUT2D eigenvalue weighted by atomic mass is 32.1. The van der Waals surface area contributed by atoms with Crippen LogP contribution in [0.2, 0.25) is 0 Å². The van der Waals surface area contributed by atoms with Crippen molar-refractivity contribution in [2.45, 2.75) is 26.5 Å². The lowest BCUT2D eigenvalue weighted by atomic mass is 9.99. The predicted molar refractivity (Wildman–Crippen MR) is 103 cm³/mol. The lowest BCUT2D eigenvalue weighted by Crippen LogP contribution is -2.35. The highest BCUT2D eigenvalue weighted by molar-refractivity contribution is 7.09. The Balaban J connectivity index is 1.39. The number of hydrogen-bond acceptors (Lipinski definition) is 4. The summed E-state index contributed by atoms with van der Waals surface area (Å²) in [5.74, 6) is 0.819. The van der Waals surface area contributed by atoms with Crippen molar-refractivity contribution in [3.8, 4) is 5.75 Å². The average molecular weight is 364 g/mol. The second-order valence-corrected chi connectivity index (χ2v) is 7.38. The molecule has 0 fully saturated rings. The Morgan fingerprint density at radius 2 is 1.92 bits per heavy atom. The van der Waals surface area contributed by atoms with Gasteiger partial charge in [0, 0.05) is 29.7 Å². The van der Waals surface area contributed by atoms with Crippen LogP contribution in [0, 0.1) is 6.92 Å². The quantitative estimate of drug-likeness (QED) is 0.696. The second-order valence-electron chi connectivity index (χ2n) is 6.44. The lowest BCUT2D eigenvalue weighted by Gasteiger charge is -2.29. The molecule has 1 aliphatic heterocycles. The number of benzene rings is 2. The zero-order valence-electron chi connectivity index (χ0n) is 14.6. The molecular formula is C21H20N2O2S. The molecule has 0 N–H and O–H groups in total. The van der Waals surface area contributed by atoms with E-state index < -0.39 is 0 Å². The van der Waals surface area contributed by atoms with Gasteiger partial charge in [0.15, 0.2) is 0 Å². The van der Waals surface area contributed by atoms with E-state index in [0.29, 0.717) is 18.7 Å². The molecule has 0 radical (unpaired) electrons. The number of hydrogen-bond donors (Lipinski definition) is 0. The number of aryl methyl sites for hydroxylation is 1. The van der Waals surface area contributed by atoms with Crippen LogP contribution in [0.1, 0.15) is 32.2 Å². The van der Waals surface area contributed by atoms with Crippen LogP contribution in [0.25, 0.3) is 0 Å². The van der Waals surface area contributed by atoms with Crippen LogP contribution in [0.15, 0.2) is 53.9 Å². The van der Waals surface area contributed by atoms with Gasteiger partial charge in [0.2, 0.25) is 0 Å². The molecular weight excluding hydrogens is 344 g/mol. The van der Waals surface area contributed by atoms with E-state index in [-0.39, 0.29) is 5.91 Å². The first-order valence-electron chi connectivity index (χ1n) is 8.69. The lowest BCUT2D eigenvalue weighted by molar-refractivity contribution is 0.0734. The molecule has 0 bridgehead atoms. The summed E-state index contributed by atoms with van der Waals surface area (Å²) in [6.07, 6.45) is 0.913. The highest BCUT2D eigenvalue weighted by Crippen LogP contribution is 2.22. The van der Waals surface area contributed by atoms with Crippen molar-refractivity contribution in [3.05, 3.63) is 81.3 Å².